The summed E-state index contributed by atoms with van der Waals surface area (Å²) in [6.07, 6.45) is 3.36. The highest BCUT2D eigenvalue weighted by Gasteiger charge is 2.46. The van der Waals surface area contributed by atoms with Gasteiger partial charge in [0, 0.05) is 18.0 Å². The minimum atomic E-state index is -0.459. The number of piperidine rings is 1. The number of hydrogen-bond acceptors (Lipinski definition) is 3. The number of ketones is 1. The molecule has 2 saturated heterocycles. The molecule has 0 N–H and O–H groups in total. The normalized spacial score (nSPS) is 30.3. The Hall–Kier alpha value is -0.580. The average molecular weight is 332 g/mol. The first-order chi connectivity index (χ1) is 8.81. The van der Waals surface area contributed by atoms with E-state index in [9.17, 15) is 9.59 Å². The van der Waals surface area contributed by atoms with E-state index in [2.05, 4.69) is 15.9 Å². The number of hydrogen-bond donors (Lipinski definition) is 0. The summed E-state index contributed by atoms with van der Waals surface area (Å²) in [5.74, 6) is 0.372. The minimum Gasteiger partial charge on any atom is -0.444 e. The van der Waals surface area contributed by atoms with Crippen molar-refractivity contribution < 1.29 is 14.3 Å². The second-order valence-corrected chi connectivity index (χ2v) is 7.10. The Morgan fingerprint density at radius 1 is 1.21 bits per heavy atom. The summed E-state index contributed by atoms with van der Waals surface area (Å²) >= 11 is 3.24. The zero-order chi connectivity index (χ0) is 14.2. The van der Waals surface area contributed by atoms with Crippen LogP contribution in [0.1, 0.15) is 46.5 Å². The molecule has 2 heterocycles. The molecule has 0 aromatic carbocycles. The minimum absolute atomic E-state index is 0.107. The van der Waals surface area contributed by atoms with E-state index in [1.807, 2.05) is 25.7 Å². The van der Waals surface area contributed by atoms with Gasteiger partial charge in [0.2, 0.25) is 0 Å². The number of halogens is 1. The molecule has 2 aliphatic rings. The van der Waals surface area contributed by atoms with Gasteiger partial charge >= 0.3 is 6.09 Å². The van der Waals surface area contributed by atoms with Gasteiger partial charge in [-0.15, -0.1) is 0 Å². The lowest BCUT2D eigenvalue weighted by atomic mass is 9.88. The highest BCUT2D eigenvalue weighted by molar-refractivity contribution is 9.09. The number of amides is 1. The van der Waals surface area contributed by atoms with Crippen LogP contribution in [0.15, 0.2) is 0 Å². The third kappa shape index (κ3) is 3.30. The molecule has 108 valence electrons. The topological polar surface area (TPSA) is 46.6 Å². The number of rotatable bonds is 2. The third-order valence-corrected chi connectivity index (χ3v) is 4.48. The standard InChI is InChI=1S/C14H22BrNO3/c1-14(2,3)19-13(18)16-10-4-5-11(16)7-9(6-10)12(17)8-15/h9-11H,4-8H2,1-3H3. The molecular formula is C14H22BrNO3. The lowest BCUT2D eigenvalue weighted by molar-refractivity contribution is -0.122. The summed E-state index contributed by atoms with van der Waals surface area (Å²) in [6.45, 7) is 5.65. The predicted octanol–water partition coefficient (Wildman–Crippen LogP) is 3.13. The summed E-state index contributed by atoms with van der Waals surface area (Å²) < 4.78 is 5.47. The third-order valence-electron chi connectivity index (χ3n) is 3.92. The van der Waals surface area contributed by atoms with Gasteiger partial charge in [0.25, 0.3) is 0 Å². The van der Waals surface area contributed by atoms with E-state index >= 15 is 0 Å². The maximum atomic E-state index is 12.2. The van der Waals surface area contributed by atoms with Gasteiger partial charge in [-0.05, 0) is 46.5 Å². The van der Waals surface area contributed by atoms with Crippen molar-refractivity contribution in [2.24, 2.45) is 5.92 Å². The maximum Gasteiger partial charge on any atom is 0.410 e. The molecular weight excluding hydrogens is 310 g/mol. The van der Waals surface area contributed by atoms with Crippen molar-refractivity contribution in [3.63, 3.8) is 0 Å². The van der Waals surface area contributed by atoms with Crippen LogP contribution in [0.3, 0.4) is 0 Å². The summed E-state index contributed by atoms with van der Waals surface area (Å²) in [5.41, 5.74) is -0.459. The number of nitrogens with zero attached hydrogens (tertiary/aromatic N) is 1. The second-order valence-electron chi connectivity index (χ2n) is 6.54. The molecule has 2 unspecified atom stereocenters. The van der Waals surface area contributed by atoms with Crippen LogP contribution in [0.2, 0.25) is 0 Å². The Morgan fingerprint density at radius 2 is 1.74 bits per heavy atom. The number of Topliss-reactive ketones (excluding diaryl/α,β-unsaturated/α-hetero) is 1. The number of alkyl halides is 1. The maximum absolute atomic E-state index is 12.2. The van der Waals surface area contributed by atoms with E-state index in [0.29, 0.717) is 5.33 Å². The fourth-order valence-electron chi connectivity index (χ4n) is 3.16. The molecule has 4 nitrogen and oxygen atoms in total. The highest BCUT2D eigenvalue weighted by Crippen LogP contribution is 2.39. The lowest BCUT2D eigenvalue weighted by Crippen LogP contribution is -2.49. The van der Waals surface area contributed by atoms with Crippen LogP contribution in [0.25, 0.3) is 0 Å². The molecule has 1 amide bonds. The molecule has 0 aliphatic carbocycles. The summed E-state index contributed by atoms with van der Waals surface area (Å²) in [4.78, 5) is 25.9. The molecule has 19 heavy (non-hydrogen) atoms. The molecule has 5 heteroatoms. The predicted molar refractivity (Wildman–Crippen MR) is 76.4 cm³/mol. The van der Waals surface area contributed by atoms with Crippen LogP contribution in [0.5, 0.6) is 0 Å². The number of carbonyl (C=O) groups is 2. The zero-order valence-corrected chi connectivity index (χ0v) is 13.4. The smallest absolute Gasteiger partial charge is 0.410 e. The molecule has 2 aliphatic heterocycles. The van der Waals surface area contributed by atoms with Crippen LogP contribution in [-0.2, 0) is 9.53 Å². The van der Waals surface area contributed by atoms with Crippen molar-refractivity contribution in [3.05, 3.63) is 0 Å². The summed E-state index contributed by atoms with van der Waals surface area (Å²) in [7, 11) is 0. The Labute approximate surface area is 123 Å². The molecule has 0 aromatic rings. The average Bonchev–Trinajstić information content (AvgIpc) is 2.57. The van der Waals surface area contributed by atoms with Crippen LogP contribution < -0.4 is 0 Å². The Morgan fingerprint density at radius 3 is 2.16 bits per heavy atom. The second kappa shape index (κ2) is 5.43. The van der Waals surface area contributed by atoms with Gasteiger partial charge in [-0.2, -0.15) is 0 Å². The van der Waals surface area contributed by atoms with Gasteiger partial charge in [0.15, 0.2) is 0 Å². The summed E-state index contributed by atoms with van der Waals surface area (Å²) in [5, 5.41) is 0.420. The van der Waals surface area contributed by atoms with Gasteiger partial charge < -0.3 is 9.64 Å². The molecule has 2 atom stereocenters. The molecule has 0 spiro atoms. The van der Waals surface area contributed by atoms with Crippen LogP contribution in [0.4, 0.5) is 4.79 Å². The Balaban J connectivity index is 2.03. The summed E-state index contributed by atoms with van der Waals surface area (Å²) in [6, 6.07) is 0.364. The van der Waals surface area contributed by atoms with Crippen LogP contribution in [0, 0.1) is 5.92 Å². The molecule has 2 bridgehead atoms. The first-order valence-electron chi connectivity index (χ1n) is 6.92. The first kappa shape index (κ1) is 14.8. The first-order valence-corrected chi connectivity index (χ1v) is 8.04. The molecule has 0 saturated carbocycles. The van der Waals surface area contributed by atoms with Crippen LogP contribution in [-0.4, -0.2) is 39.8 Å². The fraction of sp³-hybridized carbons (Fsp3) is 0.857. The highest BCUT2D eigenvalue weighted by atomic mass is 79.9. The van der Waals surface area contributed by atoms with Crippen molar-refractivity contribution >= 4 is 27.8 Å². The number of fused-ring (bicyclic) bond motifs is 2. The SMILES string of the molecule is CC(C)(C)OC(=O)N1C2CCC1CC(C(=O)CBr)C2. The van der Waals surface area contributed by atoms with E-state index in [1.54, 1.807) is 0 Å². The van der Waals surface area contributed by atoms with E-state index in [4.69, 9.17) is 4.74 Å². The van der Waals surface area contributed by atoms with Gasteiger partial charge in [0.1, 0.15) is 11.4 Å². The molecule has 2 rings (SSSR count). The quantitative estimate of drug-likeness (QED) is 0.730. The number of ether oxygens (including phenoxy) is 1. The zero-order valence-electron chi connectivity index (χ0n) is 11.8. The molecule has 0 radical (unpaired) electrons. The van der Waals surface area contributed by atoms with Crippen molar-refractivity contribution in [2.45, 2.75) is 64.1 Å². The van der Waals surface area contributed by atoms with Crippen molar-refractivity contribution in [1.82, 2.24) is 4.90 Å². The van der Waals surface area contributed by atoms with E-state index < -0.39 is 5.60 Å². The monoisotopic (exact) mass is 331 g/mol. The van der Waals surface area contributed by atoms with Gasteiger partial charge in [0.05, 0.1) is 5.33 Å². The van der Waals surface area contributed by atoms with Crippen molar-refractivity contribution in [1.29, 1.82) is 0 Å². The Kier molecular flexibility index (Phi) is 4.23. The van der Waals surface area contributed by atoms with Crippen molar-refractivity contribution in [2.75, 3.05) is 5.33 Å². The van der Waals surface area contributed by atoms with E-state index in [0.717, 1.165) is 25.7 Å². The molecule has 0 aromatic heterocycles. The van der Waals surface area contributed by atoms with E-state index in [1.165, 1.54) is 0 Å². The van der Waals surface area contributed by atoms with Crippen LogP contribution >= 0.6 is 15.9 Å². The fourth-order valence-corrected chi connectivity index (χ4v) is 3.62. The lowest BCUT2D eigenvalue weighted by Gasteiger charge is -2.38. The van der Waals surface area contributed by atoms with Gasteiger partial charge in [-0.3, -0.25) is 4.79 Å². The molecule has 2 fully saturated rings. The van der Waals surface area contributed by atoms with Crippen molar-refractivity contribution in [3.8, 4) is 0 Å². The largest absolute Gasteiger partial charge is 0.444 e. The van der Waals surface area contributed by atoms with Gasteiger partial charge in [-0.25, -0.2) is 4.79 Å². The van der Waals surface area contributed by atoms with E-state index in [-0.39, 0.29) is 29.9 Å². The van der Waals surface area contributed by atoms with Gasteiger partial charge in [-0.1, -0.05) is 15.9 Å². The Bertz CT molecular complexity index is 363. The number of carbonyl (C=O) groups excluding carboxylic acids is 2.